The van der Waals surface area contributed by atoms with Crippen LogP contribution in [-0.2, 0) is 14.3 Å². The highest BCUT2D eigenvalue weighted by Gasteiger charge is 2.16. The molecule has 0 radical (unpaired) electrons. The molecule has 1 aromatic rings. The number of carbonyl (C=O) groups excluding carboxylic acids is 3. The predicted octanol–water partition coefficient (Wildman–Crippen LogP) is 1.53. The number of carbonyl (C=O) groups is 3. The standard InChI is InChI=1S/C15H19ClN2O4/c1-3-8-17-14(20)10(2)18-13(19)9-22-15(21)11-4-6-12(16)7-5-11/h4-7,10H,3,8-9H2,1-2H3,(H,17,20)(H,18,19)/t10-/m1/s1. The summed E-state index contributed by atoms with van der Waals surface area (Å²) in [6.07, 6.45) is 0.811. The summed E-state index contributed by atoms with van der Waals surface area (Å²) < 4.78 is 4.87. The summed E-state index contributed by atoms with van der Waals surface area (Å²) >= 11 is 5.71. The molecule has 2 N–H and O–H groups in total. The van der Waals surface area contributed by atoms with Gasteiger partial charge in [-0.1, -0.05) is 18.5 Å². The van der Waals surface area contributed by atoms with Crippen molar-refractivity contribution in [1.82, 2.24) is 10.6 Å². The fourth-order valence-electron chi connectivity index (χ4n) is 1.55. The first-order valence-electron chi connectivity index (χ1n) is 6.93. The molecule has 1 atom stereocenters. The number of esters is 1. The second-order valence-electron chi connectivity index (χ2n) is 4.66. The van der Waals surface area contributed by atoms with Crippen molar-refractivity contribution in [3.63, 3.8) is 0 Å². The molecule has 0 aromatic heterocycles. The van der Waals surface area contributed by atoms with Gasteiger partial charge in [0, 0.05) is 11.6 Å². The van der Waals surface area contributed by atoms with Crippen LogP contribution >= 0.6 is 11.6 Å². The molecule has 1 rings (SSSR count). The van der Waals surface area contributed by atoms with Crippen LogP contribution < -0.4 is 10.6 Å². The van der Waals surface area contributed by atoms with Crippen LogP contribution in [0.4, 0.5) is 0 Å². The molecule has 1 aromatic carbocycles. The number of benzene rings is 1. The van der Waals surface area contributed by atoms with Crippen molar-refractivity contribution in [2.75, 3.05) is 13.2 Å². The summed E-state index contributed by atoms with van der Waals surface area (Å²) in [6.45, 7) is 3.58. The molecule has 0 aliphatic carbocycles. The van der Waals surface area contributed by atoms with Crippen LogP contribution in [0.5, 0.6) is 0 Å². The van der Waals surface area contributed by atoms with E-state index in [-0.39, 0.29) is 5.91 Å². The van der Waals surface area contributed by atoms with Gasteiger partial charge in [0.05, 0.1) is 5.56 Å². The largest absolute Gasteiger partial charge is 0.452 e. The molecule has 0 saturated heterocycles. The van der Waals surface area contributed by atoms with Gasteiger partial charge in [-0.15, -0.1) is 0 Å². The Bertz CT molecular complexity index is 531. The molecule has 22 heavy (non-hydrogen) atoms. The summed E-state index contributed by atoms with van der Waals surface area (Å²) in [4.78, 5) is 34.9. The average Bonchev–Trinajstić information content (AvgIpc) is 2.50. The van der Waals surface area contributed by atoms with E-state index in [2.05, 4.69) is 10.6 Å². The Labute approximate surface area is 134 Å². The number of hydrogen-bond donors (Lipinski definition) is 2. The highest BCUT2D eigenvalue weighted by atomic mass is 35.5. The van der Waals surface area contributed by atoms with E-state index < -0.39 is 24.5 Å². The fourth-order valence-corrected chi connectivity index (χ4v) is 1.68. The first-order valence-corrected chi connectivity index (χ1v) is 7.31. The minimum absolute atomic E-state index is 0.278. The smallest absolute Gasteiger partial charge is 0.338 e. The topological polar surface area (TPSA) is 84.5 Å². The molecule has 0 spiro atoms. The van der Waals surface area contributed by atoms with E-state index in [4.69, 9.17) is 16.3 Å². The number of nitrogens with one attached hydrogen (secondary N) is 2. The number of halogens is 1. The van der Waals surface area contributed by atoms with Gasteiger partial charge in [0.15, 0.2) is 6.61 Å². The lowest BCUT2D eigenvalue weighted by Gasteiger charge is -2.13. The summed E-state index contributed by atoms with van der Waals surface area (Å²) in [7, 11) is 0. The highest BCUT2D eigenvalue weighted by Crippen LogP contribution is 2.10. The molecule has 120 valence electrons. The minimum atomic E-state index is -0.687. The van der Waals surface area contributed by atoms with Crippen LogP contribution in [0.3, 0.4) is 0 Å². The third-order valence-electron chi connectivity index (χ3n) is 2.73. The Morgan fingerprint density at radius 1 is 1.23 bits per heavy atom. The van der Waals surface area contributed by atoms with Crippen LogP contribution in [0, 0.1) is 0 Å². The van der Waals surface area contributed by atoms with Crippen LogP contribution in [0.2, 0.25) is 5.02 Å². The lowest BCUT2D eigenvalue weighted by atomic mass is 10.2. The molecule has 0 unspecified atom stereocenters. The van der Waals surface area contributed by atoms with Crippen molar-refractivity contribution in [2.24, 2.45) is 0 Å². The van der Waals surface area contributed by atoms with E-state index in [9.17, 15) is 14.4 Å². The van der Waals surface area contributed by atoms with Gasteiger partial charge in [0.1, 0.15) is 6.04 Å². The molecule has 6 nitrogen and oxygen atoms in total. The van der Waals surface area contributed by atoms with Crippen LogP contribution in [0.25, 0.3) is 0 Å². The number of ether oxygens (including phenoxy) is 1. The Morgan fingerprint density at radius 3 is 2.45 bits per heavy atom. The normalized spacial score (nSPS) is 11.4. The third-order valence-corrected chi connectivity index (χ3v) is 2.99. The predicted molar refractivity (Wildman–Crippen MR) is 82.6 cm³/mol. The zero-order valence-electron chi connectivity index (χ0n) is 12.5. The zero-order chi connectivity index (χ0) is 16.5. The molecule has 0 bridgehead atoms. The molecule has 0 heterocycles. The van der Waals surface area contributed by atoms with Gasteiger partial charge in [0.2, 0.25) is 5.91 Å². The van der Waals surface area contributed by atoms with Crippen molar-refractivity contribution in [3.8, 4) is 0 Å². The summed E-state index contributed by atoms with van der Waals surface area (Å²) in [5, 5.41) is 5.62. The minimum Gasteiger partial charge on any atom is -0.452 e. The Hall–Kier alpha value is -2.08. The van der Waals surface area contributed by atoms with Gasteiger partial charge < -0.3 is 15.4 Å². The first kappa shape index (κ1) is 18.0. The molecule has 0 saturated carbocycles. The second-order valence-corrected chi connectivity index (χ2v) is 5.10. The molecule has 0 aliphatic heterocycles. The molecule has 2 amide bonds. The van der Waals surface area contributed by atoms with E-state index in [1.54, 1.807) is 19.1 Å². The number of hydrogen-bond acceptors (Lipinski definition) is 4. The van der Waals surface area contributed by atoms with Gasteiger partial charge in [0.25, 0.3) is 5.91 Å². The third kappa shape index (κ3) is 6.13. The lowest BCUT2D eigenvalue weighted by molar-refractivity contribution is -0.130. The van der Waals surface area contributed by atoms with Crippen molar-refractivity contribution in [2.45, 2.75) is 26.3 Å². The second kappa shape index (κ2) is 9.04. The van der Waals surface area contributed by atoms with Gasteiger partial charge in [-0.3, -0.25) is 9.59 Å². The quantitative estimate of drug-likeness (QED) is 0.744. The van der Waals surface area contributed by atoms with Gasteiger partial charge >= 0.3 is 5.97 Å². The number of rotatable bonds is 7. The maximum atomic E-state index is 11.7. The van der Waals surface area contributed by atoms with Crippen molar-refractivity contribution < 1.29 is 19.1 Å². The van der Waals surface area contributed by atoms with E-state index in [1.807, 2.05) is 6.92 Å². The lowest BCUT2D eigenvalue weighted by Crippen LogP contribution is -2.46. The molecular weight excluding hydrogens is 308 g/mol. The molecule has 0 aliphatic rings. The maximum absolute atomic E-state index is 11.7. The summed E-state index contributed by atoms with van der Waals surface area (Å²) in [5.41, 5.74) is 0.297. The molecule has 7 heteroatoms. The van der Waals surface area contributed by atoms with Crippen molar-refractivity contribution in [3.05, 3.63) is 34.9 Å². The Kier molecular flexibility index (Phi) is 7.39. The Morgan fingerprint density at radius 2 is 1.86 bits per heavy atom. The molecular formula is C15H19ClN2O4. The van der Waals surface area contributed by atoms with Crippen LogP contribution in [-0.4, -0.2) is 37.0 Å². The van der Waals surface area contributed by atoms with Gasteiger partial charge in [-0.25, -0.2) is 4.79 Å². The van der Waals surface area contributed by atoms with Crippen LogP contribution in [0.1, 0.15) is 30.6 Å². The van der Waals surface area contributed by atoms with Crippen molar-refractivity contribution >= 4 is 29.4 Å². The Balaban J connectivity index is 2.37. The monoisotopic (exact) mass is 326 g/mol. The number of amides is 2. The SMILES string of the molecule is CCCNC(=O)[C@@H](C)NC(=O)COC(=O)c1ccc(Cl)cc1. The average molecular weight is 327 g/mol. The van der Waals surface area contributed by atoms with E-state index in [1.165, 1.54) is 12.1 Å². The van der Waals surface area contributed by atoms with Gasteiger partial charge in [-0.05, 0) is 37.6 Å². The van der Waals surface area contributed by atoms with E-state index >= 15 is 0 Å². The summed E-state index contributed by atoms with van der Waals surface area (Å²) in [6, 6.07) is 5.43. The first-order chi connectivity index (χ1) is 10.4. The van der Waals surface area contributed by atoms with Crippen molar-refractivity contribution in [1.29, 1.82) is 0 Å². The van der Waals surface area contributed by atoms with E-state index in [0.29, 0.717) is 17.1 Å². The van der Waals surface area contributed by atoms with E-state index in [0.717, 1.165) is 6.42 Å². The van der Waals surface area contributed by atoms with Gasteiger partial charge in [-0.2, -0.15) is 0 Å². The summed E-state index contributed by atoms with van der Waals surface area (Å²) in [5.74, 6) is -1.45. The highest BCUT2D eigenvalue weighted by molar-refractivity contribution is 6.30. The van der Waals surface area contributed by atoms with Crippen LogP contribution in [0.15, 0.2) is 24.3 Å². The zero-order valence-corrected chi connectivity index (χ0v) is 13.3. The maximum Gasteiger partial charge on any atom is 0.338 e. The fraction of sp³-hybridized carbons (Fsp3) is 0.400. The molecule has 0 fully saturated rings.